The zero-order valence-corrected chi connectivity index (χ0v) is 20.8. The summed E-state index contributed by atoms with van der Waals surface area (Å²) in [5.41, 5.74) is 4.30. The Morgan fingerprint density at radius 3 is 2.00 bits per heavy atom. The van der Waals surface area contributed by atoms with Crippen molar-refractivity contribution in [3.8, 4) is 0 Å². The molecule has 2 rings (SSSR count). The largest absolute Gasteiger partial charge is 0.465 e. The van der Waals surface area contributed by atoms with Gasteiger partial charge in [0.15, 0.2) is 5.78 Å². The van der Waals surface area contributed by atoms with Gasteiger partial charge < -0.3 is 4.74 Å². The number of hydrogen-bond acceptors (Lipinski definition) is 3. The summed E-state index contributed by atoms with van der Waals surface area (Å²) in [4.78, 5) is 26.8. The van der Waals surface area contributed by atoms with Crippen molar-refractivity contribution in [2.45, 2.75) is 91.4 Å². The third-order valence-corrected chi connectivity index (χ3v) is 6.02. The van der Waals surface area contributed by atoms with Crippen LogP contribution >= 0.6 is 0 Å². The van der Waals surface area contributed by atoms with Gasteiger partial charge >= 0.3 is 5.97 Å². The van der Waals surface area contributed by atoms with Crippen LogP contribution in [0.15, 0.2) is 42.5 Å². The van der Waals surface area contributed by atoms with Crippen molar-refractivity contribution < 1.29 is 14.3 Å². The minimum absolute atomic E-state index is 0.00795. The summed E-state index contributed by atoms with van der Waals surface area (Å²) in [5, 5.41) is 0. The van der Waals surface area contributed by atoms with Gasteiger partial charge in [-0.15, -0.1) is 0 Å². The van der Waals surface area contributed by atoms with E-state index in [0.29, 0.717) is 17.7 Å². The number of Topliss-reactive ketones (excluding diaryl/α,β-unsaturated/α-hetero) is 1. The maximum atomic E-state index is 13.7. The van der Waals surface area contributed by atoms with E-state index < -0.39 is 11.9 Å². The number of ketones is 1. The maximum Gasteiger partial charge on any atom is 0.321 e. The lowest BCUT2D eigenvalue weighted by molar-refractivity contribution is -0.144. The van der Waals surface area contributed by atoms with Crippen LogP contribution in [0.1, 0.15) is 105 Å². The summed E-state index contributed by atoms with van der Waals surface area (Å²) in [6.07, 6.45) is 6.72. The summed E-state index contributed by atoms with van der Waals surface area (Å²) in [7, 11) is 0. The van der Waals surface area contributed by atoms with Gasteiger partial charge in [-0.2, -0.15) is 0 Å². The van der Waals surface area contributed by atoms with Crippen LogP contribution < -0.4 is 0 Å². The predicted molar refractivity (Wildman–Crippen MR) is 132 cm³/mol. The molecule has 3 heteroatoms. The van der Waals surface area contributed by atoms with Crippen LogP contribution in [-0.4, -0.2) is 18.4 Å². The van der Waals surface area contributed by atoms with Crippen LogP contribution in [0.3, 0.4) is 0 Å². The number of aryl methyl sites for hydroxylation is 2. The van der Waals surface area contributed by atoms with Crippen LogP contribution in [0.4, 0.5) is 0 Å². The first-order valence-electron chi connectivity index (χ1n) is 12.0. The van der Waals surface area contributed by atoms with Gasteiger partial charge in [0.2, 0.25) is 0 Å². The van der Waals surface area contributed by atoms with Crippen LogP contribution in [-0.2, 0) is 14.9 Å². The fraction of sp³-hybridized carbons (Fsp3) is 0.517. The molecule has 2 aromatic carbocycles. The molecule has 3 nitrogen and oxygen atoms in total. The molecule has 32 heavy (non-hydrogen) atoms. The van der Waals surface area contributed by atoms with Crippen molar-refractivity contribution in [1.29, 1.82) is 0 Å². The molecule has 0 N–H and O–H groups in total. The number of benzene rings is 2. The van der Waals surface area contributed by atoms with Crippen molar-refractivity contribution in [1.82, 2.24) is 0 Å². The third kappa shape index (κ3) is 7.05. The number of carbonyl (C=O) groups is 2. The summed E-state index contributed by atoms with van der Waals surface area (Å²) >= 11 is 0. The van der Waals surface area contributed by atoms with Crippen LogP contribution in [0.5, 0.6) is 0 Å². The second-order valence-corrected chi connectivity index (χ2v) is 9.88. The molecule has 0 aliphatic heterocycles. The van der Waals surface area contributed by atoms with Gasteiger partial charge in [-0.3, -0.25) is 9.59 Å². The molecule has 0 aromatic heterocycles. The Balaban J connectivity index is 2.23. The van der Waals surface area contributed by atoms with Crippen LogP contribution in [0, 0.1) is 13.8 Å². The summed E-state index contributed by atoms with van der Waals surface area (Å²) in [5.74, 6) is -1.57. The maximum absolute atomic E-state index is 13.7. The highest BCUT2D eigenvalue weighted by Crippen LogP contribution is 2.31. The molecule has 2 aromatic rings. The minimum atomic E-state index is -0.936. The number of carbonyl (C=O) groups excluding carboxylic acids is 2. The van der Waals surface area contributed by atoms with Gasteiger partial charge in [0.05, 0.1) is 6.61 Å². The van der Waals surface area contributed by atoms with Crippen molar-refractivity contribution in [2.24, 2.45) is 0 Å². The quantitative estimate of drug-likeness (QED) is 0.159. The van der Waals surface area contributed by atoms with Gasteiger partial charge in [0.25, 0.3) is 0 Å². The van der Waals surface area contributed by atoms with Crippen LogP contribution in [0.2, 0.25) is 0 Å². The molecule has 0 amide bonds. The molecule has 0 radical (unpaired) electrons. The van der Waals surface area contributed by atoms with E-state index in [9.17, 15) is 9.59 Å². The molecule has 1 unspecified atom stereocenters. The Hall–Kier alpha value is -2.42. The first-order chi connectivity index (χ1) is 15.2. The molecule has 1 atom stereocenters. The smallest absolute Gasteiger partial charge is 0.321 e. The predicted octanol–water partition coefficient (Wildman–Crippen LogP) is 7.47. The van der Waals surface area contributed by atoms with Crippen molar-refractivity contribution in [3.05, 3.63) is 70.3 Å². The molecule has 0 saturated carbocycles. The molecule has 0 bridgehead atoms. The van der Waals surface area contributed by atoms with E-state index in [-0.39, 0.29) is 11.2 Å². The lowest BCUT2D eigenvalue weighted by Crippen LogP contribution is -2.26. The molecule has 0 saturated heterocycles. The Kier molecular flexibility index (Phi) is 9.68. The van der Waals surface area contributed by atoms with E-state index >= 15 is 0 Å². The molecular weight excluding hydrogens is 396 g/mol. The Morgan fingerprint density at radius 1 is 0.875 bits per heavy atom. The third-order valence-electron chi connectivity index (χ3n) is 6.02. The van der Waals surface area contributed by atoms with Gasteiger partial charge in [-0.25, -0.2) is 0 Å². The summed E-state index contributed by atoms with van der Waals surface area (Å²) in [6, 6.07) is 13.4. The van der Waals surface area contributed by atoms with E-state index in [1.165, 1.54) is 24.8 Å². The van der Waals surface area contributed by atoms with E-state index in [0.717, 1.165) is 30.4 Å². The summed E-state index contributed by atoms with van der Waals surface area (Å²) in [6.45, 7) is 13.0. The molecule has 174 valence electrons. The Morgan fingerprint density at radius 2 is 1.44 bits per heavy atom. The number of esters is 1. The zero-order chi connectivity index (χ0) is 23.7. The van der Waals surface area contributed by atoms with Gasteiger partial charge in [0, 0.05) is 5.56 Å². The van der Waals surface area contributed by atoms with E-state index in [4.69, 9.17) is 4.74 Å². The first kappa shape index (κ1) is 25.8. The van der Waals surface area contributed by atoms with E-state index in [1.807, 2.05) is 44.2 Å². The average molecular weight is 437 g/mol. The Labute approximate surface area is 194 Å². The highest BCUT2D eigenvalue weighted by molar-refractivity contribution is 6.14. The van der Waals surface area contributed by atoms with E-state index in [2.05, 4.69) is 39.8 Å². The van der Waals surface area contributed by atoms with Gasteiger partial charge in [0.1, 0.15) is 5.92 Å². The zero-order valence-electron chi connectivity index (χ0n) is 20.8. The average Bonchev–Trinajstić information content (AvgIpc) is 2.73. The highest BCUT2D eigenvalue weighted by Gasteiger charge is 2.33. The SMILES string of the molecule is CCCCCCCCOC(=O)C(C(=O)c1c(C)cc(C(C)(C)C)cc1C)c1ccccc1. The molecule has 0 aliphatic rings. The molecule has 0 aliphatic carbocycles. The number of rotatable bonds is 11. The lowest BCUT2D eigenvalue weighted by Gasteiger charge is -2.23. The highest BCUT2D eigenvalue weighted by atomic mass is 16.5. The Bertz CT molecular complexity index is 867. The van der Waals surface area contributed by atoms with Crippen molar-refractivity contribution in [2.75, 3.05) is 6.61 Å². The van der Waals surface area contributed by atoms with Crippen molar-refractivity contribution in [3.63, 3.8) is 0 Å². The number of unbranched alkanes of at least 4 members (excludes halogenated alkanes) is 5. The second kappa shape index (κ2) is 12.0. The number of ether oxygens (including phenoxy) is 1. The minimum Gasteiger partial charge on any atom is -0.465 e. The van der Waals surface area contributed by atoms with Crippen LogP contribution in [0.25, 0.3) is 0 Å². The number of hydrogen-bond donors (Lipinski definition) is 0. The van der Waals surface area contributed by atoms with Crippen molar-refractivity contribution >= 4 is 11.8 Å². The summed E-state index contributed by atoms with van der Waals surface area (Å²) < 4.78 is 5.61. The fourth-order valence-electron chi connectivity index (χ4n) is 4.11. The molecule has 0 heterocycles. The standard InChI is InChI=1S/C29H40O3/c1-7-8-9-10-11-15-18-32-28(31)26(23-16-13-12-14-17-23)27(30)25-21(2)19-24(20-22(25)3)29(4,5)6/h12-14,16-17,19-20,26H,7-11,15,18H2,1-6H3. The molecular formula is C29H40O3. The van der Waals surface area contributed by atoms with Gasteiger partial charge in [-0.1, -0.05) is 102 Å². The first-order valence-corrected chi connectivity index (χ1v) is 12.0. The normalized spacial score (nSPS) is 12.4. The molecule has 0 spiro atoms. The fourth-order valence-corrected chi connectivity index (χ4v) is 4.11. The second-order valence-electron chi connectivity index (χ2n) is 9.88. The lowest BCUT2D eigenvalue weighted by atomic mass is 9.81. The topological polar surface area (TPSA) is 43.4 Å². The molecule has 0 fully saturated rings. The van der Waals surface area contributed by atoms with E-state index in [1.54, 1.807) is 0 Å². The monoisotopic (exact) mass is 436 g/mol. The van der Waals surface area contributed by atoms with Gasteiger partial charge in [-0.05, 0) is 47.9 Å².